The van der Waals surface area contributed by atoms with Gasteiger partial charge in [-0.1, -0.05) is 36.4 Å². The van der Waals surface area contributed by atoms with Gasteiger partial charge in [0.2, 0.25) is 5.91 Å². The van der Waals surface area contributed by atoms with E-state index in [4.69, 9.17) is 4.74 Å². The highest BCUT2D eigenvalue weighted by atomic mass is 32.2. The Balaban J connectivity index is 1.67. The highest BCUT2D eigenvalue weighted by molar-refractivity contribution is 7.87. The molecular formula is C25H22N2O5S. The van der Waals surface area contributed by atoms with Crippen molar-refractivity contribution in [2.75, 3.05) is 9.62 Å². The molecule has 8 heteroatoms. The Kier molecular flexibility index (Phi) is 6.04. The van der Waals surface area contributed by atoms with E-state index in [1.807, 2.05) is 42.5 Å². The average Bonchev–Trinajstić information content (AvgIpc) is 2.76. The van der Waals surface area contributed by atoms with Gasteiger partial charge in [-0.25, -0.2) is 4.31 Å². The van der Waals surface area contributed by atoms with Crippen LogP contribution in [0.15, 0.2) is 84.9 Å². The lowest BCUT2D eigenvalue weighted by molar-refractivity contribution is -0.114. The average molecular weight is 463 g/mol. The van der Waals surface area contributed by atoms with Gasteiger partial charge in [0.1, 0.15) is 11.5 Å². The number of nitrogens with zero attached hydrogens (tertiary/aromatic N) is 1. The summed E-state index contributed by atoms with van der Waals surface area (Å²) in [7, 11) is -4.62. The van der Waals surface area contributed by atoms with Crippen molar-refractivity contribution < 1.29 is 22.5 Å². The number of rotatable bonds is 6. The molecule has 0 heterocycles. The molecule has 4 rings (SSSR count). The number of carbonyl (C=O) groups excluding carboxylic acids is 1. The molecule has 0 aliphatic carbocycles. The van der Waals surface area contributed by atoms with Crippen LogP contribution in [0.2, 0.25) is 0 Å². The van der Waals surface area contributed by atoms with Crippen molar-refractivity contribution in [1.29, 1.82) is 0 Å². The molecule has 2 N–H and O–H groups in total. The molecule has 1 amide bonds. The Labute approximate surface area is 192 Å². The first-order chi connectivity index (χ1) is 15.7. The molecule has 0 saturated carbocycles. The normalized spacial score (nSPS) is 11.2. The first-order valence-electron chi connectivity index (χ1n) is 10.1. The summed E-state index contributed by atoms with van der Waals surface area (Å²) in [5.74, 6) is 1.00. The van der Waals surface area contributed by atoms with Crippen LogP contribution in [0.5, 0.6) is 11.5 Å². The molecule has 0 unspecified atom stereocenters. The fraction of sp³-hybridized carbons (Fsp3) is 0.0800. The zero-order valence-corrected chi connectivity index (χ0v) is 18.8. The molecule has 168 valence electrons. The molecule has 0 aliphatic rings. The minimum atomic E-state index is -4.62. The molecule has 4 aromatic carbocycles. The summed E-state index contributed by atoms with van der Waals surface area (Å²) in [6.07, 6.45) is 0. The first kappa shape index (κ1) is 22.3. The van der Waals surface area contributed by atoms with E-state index in [-0.39, 0.29) is 17.3 Å². The van der Waals surface area contributed by atoms with Crippen molar-refractivity contribution in [3.05, 3.63) is 90.5 Å². The van der Waals surface area contributed by atoms with E-state index in [2.05, 4.69) is 5.32 Å². The van der Waals surface area contributed by atoms with Crippen LogP contribution in [0.25, 0.3) is 10.8 Å². The Hall–Kier alpha value is -3.88. The van der Waals surface area contributed by atoms with E-state index < -0.39 is 10.3 Å². The number of ether oxygens (including phenoxy) is 1. The summed E-state index contributed by atoms with van der Waals surface area (Å²) in [4.78, 5) is 11.2. The third kappa shape index (κ3) is 4.97. The Morgan fingerprint density at radius 3 is 2.21 bits per heavy atom. The van der Waals surface area contributed by atoms with Crippen LogP contribution < -0.4 is 14.4 Å². The highest BCUT2D eigenvalue weighted by Gasteiger charge is 2.23. The molecule has 0 radical (unpaired) electrons. The predicted molar refractivity (Wildman–Crippen MR) is 130 cm³/mol. The SMILES string of the molecule is CC(=O)Nc1ccc(N(c2ccc(Oc3cccc4ccccc34)c(C)c2)S(=O)(=O)O)cc1. The second-order valence-corrected chi connectivity index (χ2v) is 8.76. The second kappa shape index (κ2) is 8.93. The molecule has 4 aromatic rings. The molecule has 0 aliphatic heterocycles. The first-order valence-corrected chi connectivity index (χ1v) is 11.5. The van der Waals surface area contributed by atoms with E-state index in [0.717, 1.165) is 15.1 Å². The van der Waals surface area contributed by atoms with Crippen LogP contribution >= 0.6 is 0 Å². The maximum absolute atomic E-state index is 12.2. The summed E-state index contributed by atoms with van der Waals surface area (Å²) in [6.45, 7) is 3.18. The third-order valence-electron chi connectivity index (χ3n) is 5.02. The minimum absolute atomic E-state index is 0.216. The standard InChI is InChI=1S/C25H22N2O5S/c1-17-16-22(27(33(29,30)31)21-12-10-20(11-13-21)26-18(2)28)14-15-24(17)32-25-9-5-7-19-6-3-4-8-23(19)25/h3-16H,1-2H3,(H,26,28)(H,29,30,31). The van der Waals surface area contributed by atoms with Crippen LogP contribution in [0.4, 0.5) is 17.1 Å². The maximum Gasteiger partial charge on any atom is 0.364 e. The van der Waals surface area contributed by atoms with Gasteiger partial charge in [0.05, 0.1) is 11.4 Å². The fourth-order valence-electron chi connectivity index (χ4n) is 3.58. The molecule has 0 fully saturated rings. The quantitative estimate of drug-likeness (QED) is 0.351. The van der Waals surface area contributed by atoms with E-state index >= 15 is 0 Å². The summed E-state index contributed by atoms with van der Waals surface area (Å²) in [5.41, 5.74) is 1.65. The lowest BCUT2D eigenvalue weighted by Gasteiger charge is -2.22. The van der Waals surface area contributed by atoms with Gasteiger partial charge in [0, 0.05) is 18.0 Å². The summed E-state index contributed by atoms with van der Waals surface area (Å²) in [6, 6.07) is 24.6. The summed E-state index contributed by atoms with van der Waals surface area (Å²) >= 11 is 0. The number of hydrogen-bond acceptors (Lipinski definition) is 4. The summed E-state index contributed by atoms with van der Waals surface area (Å²) in [5, 5.41) is 4.62. The smallest absolute Gasteiger partial charge is 0.364 e. The predicted octanol–water partition coefficient (Wildman–Crippen LogP) is 5.84. The lowest BCUT2D eigenvalue weighted by Crippen LogP contribution is -2.25. The number of nitrogens with one attached hydrogen (secondary N) is 1. The van der Waals surface area contributed by atoms with E-state index in [1.165, 1.54) is 19.1 Å². The highest BCUT2D eigenvalue weighted by Crippen LogP contribution is 2.36. The van der Waals surface area contributed by atoms with Crippen LogP contribution in [0, 0.1) is 6.92 Å². The van der Waals surface area contributed by atoms with Crippen molar-refractivity contribution in [3.63, 3.8) is 0 Å². The van der Waals surface area contributed by atoms with Gasteiger partial charge in [0.15, 0.2) is 0 Å². The Morgan fingerprint density at radius 2 is 1.55 bits per heavy atom. The lowest BCUT2D eigenvalue weighted by atomic mass is 10.1. The molecule has 0 saturated heterocycles. The number of amides is 1. The van der Waals surface area contributed by atoms with Gasteiger partial charge >= 0.3 is 10.3 Å². The van der Waals surface area contributed by atoms with Crippen molar-refractivity contribution >= 4 is 44.0 Å². The molecule has 0 bridgehead atoms. The molecule has 0 spiro atoms. The van der Waals surface area contributed by atoms with E-state index in [1.54, 1.807) is 37.3 Å². The number of benzene rings is 4. The zero-order chi connectivity index (χ0) is 23.6. The van der Waals surface area contributed by atoms with Gasteiger partial charge in [-0.05, 0) is 66.4 Å². The van der Waals surface area contributed by atoms with Crippen molar-refractivity contribution in [2.45, 2.75) is 13.8 Å². The van der Waals surface area contributed by atoms with Gasteiger partial charge in [-0.2, -0.15) is 8.42 Å². The Bertz CT molecular complexity index is 1430. The number of carbonyl (C=O) groups is 1. The van der Waals surface area contributed by atoms with Crippen molar-refractivity contribution in [1.82, 2.24) is 0 Å². The number of hydrogen-bond donors (Lipinski definition) is 2. The summed E-state index contributed by atoms with van der Waals surface area (Å²) < 4.78 is 41.3. The molecule has 0 atom stereocenters. The van der Waals surface area contributed by atoms with Gasteiger partial charge in [-0.15, -0.1) is 0 Å². The van der Waals surface area contributed by atoms with Gasteiger partial charge in [0.25, 0.3) is 0 Å². The monoisotopic (exact) mass is 462 g/mol. The third-order valence-corrected chi connectivity index (χ3v) is 5.90. The fourth-order valence-corrected chi connectivity index (χ4v) is 4.34. The van der Waals surface area contributed by atoms with Crippen molar-refractivity contribution in [2.24, 2.45) is 0 Å². The largest absolute Gasteiger partial charge is 0.456 e. The zero-order valence-electron chi connectivity index (χ0n) is 18.0. The minimum Gasteiger partial charge on any atom is -0.456 e. The maximum atomic E-state index is 12.2. The van der Waals surface area contributed by atoms with Crippen LogP contribution in [-0.4, -0.2) is 18.9 Å². The molecule has 0 aromatic heterocycles. The van der Waals surface area contributed by atoms with Crippen molar-refractivity contribution in [3.8, 4) is 11.5 Å². The van der Waals surface area contributed by atoms with Gasteiger partial charge < -0.3 is 10.1 Å². The molecule has 7 nitrogen and oxygen atoms in total. The number of aryl methyl sites for hydroxylation is 1. The molecular weight excluding hydrogens is 440 g/mol. The van der Waals surface area contributed by atoms with Crippen LogP contribution in [0.3, 0.4) is 0 Å². The van der Waals surface area contributed by atoms with Crippen LogP contribution in [-0.2, 0) is 15.1 Å². The number of anilines is 3. The Morgan fingerprint density at radius 1 is 0.879 bits per heavy atom. The number of fused-ring (bicyclic) bond motifs is 1. The van der Waals surface area contributed by atoms with Gasteiger partial charge in [-0.3, -0.25) is 9.35 Å². The molecule has 33 heavy (non-hydrogen) atoms. The topological polar surface area (TPSA) is 95.9 Å². The second-order valence-electron chi connectivity index (χ2n) is 7.50. The van der Waals surface area contributed by atoms with Crippen LogP contribution in [0.1, 0.15) is 12.5 Å². The van der Waals surface area contributed by atoms with E-state index in [9.17, 15) is 17.8 Å². The van der Waals surface area contributed by atoms with E-state index in [0.29, 0.717) is 22.7 Å².